The lowest BCUT2D eigenvalue weighted by Gasteiger charge is -2.29. The molecule has 144 valence electrons. The van der Waals surface area contributed by atoms with Gasteiger partial charge < -0.3 is 20.3 Å². The molecule has 2 amide bonds. The maximum atomic E-state index is 12.4. The highest BCUT2D eigenvalue weighted by Gasteiger charge is 2.13. The number of urea groups is 1. The summed E-state index contributed by atoms with van der Waals surface area (Å²) < 4.78 is 5.25. The minimum absolute atomic E-state index is 0.0161. The Labute approximate surface area is 161 Å². The van der Waals surface area contributed by atoms with Crippen LogP contribution in [0.15, 0.2) is 48.5 Å². The number of nitrogens with zero attached hydrogens (tertiary/aromatic N) is 1. The van der Waals surface area contributed by atoms with E-state index in [1.54, 1.807) is 7.11 Å². The van der Waals surface area contributed by atoms with E-state index in [1.807, 2.05) is 43.3 Å². The van der Waals surface area contributed by atoms with Crippen LogP contribution in [0.5, 0.6) is 5.75 Å². The lowest BCUT2D eigenvalue weighted by Crippen LogP contribution is -2.37. The molecule has 0 saturated carbocycles. The number of piperidine rings is 1. The number of anilines is 2. The minimum Gasteiger partial charge on any atom is -0.497 e. The van der Waals surface area contributed by atoms with Crippen molar-refractivity contribution in [3.8, 4) is 5.75 Å². The Morgan fingerprint density at radius 2 is 1.89 bits per heavy atom. The Morgan fingerprint density at radius 3 is 2.67 bits per heavy atom. The normalized spacial score (nSPS) is 15.1. The van der Waals surface area contributed by atoms with Gasteiger partial charge in [-0.1, -0.05) is 18.2 Å². The molecule has 0 radical (unpaired) electrons. The topological polar surface area (TPSA) is 53.6 Å². The maximum Gasteiger partial charge on any atom is 0.319 e. The smallest absolute Gasteiger partial charge is 0.319 e. The molecule has 1 unspecified atom stereocenters. The van der Waals surface area contributed by atoms with Gasteiger partial charge in [0.05, 0.1) is 7.11 Å². The first-order valence-corrected chi connectivity index (χ1v) is 9.69. The first kappa shape index (κ1) is 19.1. The third-order valence-corrected chi connectivity index (χ3v) is 4.88. The van der Waals surface area contributed by atoms with Crippen molar-refractivity contribution in [2.24, 2.45) is 0 Å². The highest BCUT2D eigenvalue weighted by atomic mass is 16.5. The highest BCUT2D eigenvalue weighted by molar-refractivity contribution is 5.90. The molecule has 0 aliphatic carbocycles. The molecule has 27 heavy (non-hydrogen) atoms. The summed E-state index contributed by atoms with van der Waals surface area (Å²) in [5, 5.41) is 5.97. The van der Waals surface area contributed by atoms with Gasteiger partial charge in [-0.3, -0.25) is 0 Å². The Kier molecular flexibility index (Phi) is 6.58. The van der Waals surface area contributed by atoms with E-state index < -0.39 is 0 Å². The molecule has 1 fully saturated rings. The quantitative estimate of drug-likeness (QED) is 0.794. The van der Waals surface area contributed by atoms with Crippen LogP contribution in [0.25, 0.3) is 0 Å². The predicted octanol–water partition coefficient (Wildman–Crippen LogP) is 4.44. The molecule has 1 saturated heterocycles. The van der Waals surface area contributed by atoms with Gasteiger partial charge in [-0.05, 0) is 68.5 Å². The molecule has 2 N–H and O–H groups in total. The van der Waals surface area contributed by atoms with Crippen molar-refractivity contribution >= 4 is 17.4 Å². The number of rotatable bonds is 6. The van der Waals surface area contributed by atoms with Gasteiger partial charge in [-0.25, -0.2) is 4.79 Å². The number of amides is 2. The highest BCUT2D eigenvalue weighted by Crippen LogP contribution is 2.23. The second-order valence-corrected chi connectivity index (χ2v) is 7.15. The van der Waals surface area contributed by atoms with Crippen molar-refractivity contribution in [1.29, 1.82) is 0 Å². The van der Waals surface area contributed by atoms with Crippen LogP contribution < -0.4 is 20.3 Å². The van der Waals surface area contributed by atoms with Crippen LogP contribution >= 0.6 is 0 Å². The first-order chi connectivity index (χ1) is 13.1. The molecule has 1 atom stereocenters. The van der Waals surface area contributed by atoms with Crippen LogP contribution in [0, 0.1) is 0 Å². The van der Waals surface area contributed by atoms with E-state index in [-0.39, 0.29) is 12.1 Å². The molecule has 5 nitrogen and oxygen atoms in total. The van der Waals surface area contributed by atoms with E-state index in [1.165, 1.54) is 24.9 Å². The zero-order valence-corrected chi connectivity index (χ0v) is 16.2. The van der Waals surface area contributed by atoms with E-state index in [0.717, 1.165) is 36.5 Å². The minimum atomic E-state index is -0.179. The van der Waals surface area contributed by atoms with E-state index in [4.69, 9.17) is 4.74 Å². The number of carbonyl (C=O) groups is 1. The number of ether oxygens (including phenoxy) is 1. The van der Waals surface area contributed by atoms with Crippen LogP contribution in [0.3, 0.4) is 0 Å². The number of nitrogens with one attached hydrogen (secondary N) is 2. The van der Waals surface area contributed by atoms with Crippen molar-refractivity contribution in [2.45, 2.75) is 38.6 Å². The van der Waals surface area contributed by atoms with Crippen molar-refractivity contribution in [3.63, 3.8) is 0 Å². The Hall–Kier alpha value is -2.69. The molecule has 3 rings (SSSR count). The fourth-order valence-corrected chi connectivity index (χ4v) is 3.53. The summed E-state index contributed by atoms with van der Waals surface area (Å²) in [4.78, 5) is 14.8. The summed E-state index contributed by atoms with van der Waals surface area (Å²) in [6.07, 6.45) is 4.53. The van der Waals surface area contributed by atoms with E-state index in [0.29, 0.717) is 0 Å². The van der Waals surface area contributed by atoms with E-state index >= 15 is 0 Å². The molecule has 0 bridgehead atoms. The molecular formula is C22H29N3O2. The molecule has 2 aromatic carbocycles. The molecule has 1 aliphatic rings. The summed E-state index contributed by atoms with van der Waals surface area (Å²) in [5.41, 5.74) is 3.13. The molecular weight excluding hydrogens is 338 g/mol. The van der Waals surface area contributed by atoms with E-state index in [2.05, 4.69) is 27.7 Å². The fourth-order valence-electron chi connectivity index (χ4n) is 3.53. The van der Waals surface area contributed by atoms with Crippen LogP contribution in [0.1, 0.15) is 31.7 Å². The summed E-state index contributed by atoms with van der Waals surface area (Å²) in [7, 11) is 1.66. The Balaban J connectivity index is 1.53. The summed E-state index contributed by atoms with van der Waals surface area (Å²) >= 11 is 0. The SMILES string of the molecule is COc1cccc(CC(C)NC(=O)Nc2cccc(N3CCCCC3)c2)c1. The molecule has 0 aromatic heterocycles. The first-order valence-electron chi connectivity index (χ1n) is 9.69. The number of carbonyl (C=O) groups excluding carboxylic acids is 1. The maximum absolute atomic E-state index is 12.4. The third kappa shape index (κ3) is 5.64. The largest absolute Gasteiger partial charge is 0.497 e. The second kappa shape index (κ2) is 9.31. The number of hydrogen-bond acceptors (Lipinski definition) is 3. The molecule has 1 aliphatic heterocycles. The second-order valence-electron chi connectivity index (χ2n) is 7.15. The van der Waals surface area contributed by atoms with Gasteiger partial charge in [-0.2, -0.15) is 0 Å². The van der Waals surface area contributed by atoms with Gasteiger partial charge in [0.2, 0.25) is 0 Å². The van der Waals surface area contributed by atoms with Gasteiger partial charge >= 0.3 is 6.03 Å². The van der Waals surface area contributed by atoms with Gasteiger partial charge in [0.15, 0.2) is 0 Å². The van der Waals surface area contributed by atoms with Crippen molar-refractivity contribution in [1.82, 2.24) is 5.32 Å². The monoisotopic (exact) mass is 367 g/mol. The Morgan fingerprint density at radius 1 is 1.11 bits per heavy atom. The summed E-state index contributed by atoms with van der Waals surface area (Å²) in [6, 6.07) is 15.9. The van der Waals surface area contributed by atoms with Crippen LogP contribution in [-0.4, -0.2) is 32.3 Å². The van der Waals surface area contributed by atoms with Crippen LogP contribution in [0.2, 0.25) is 0 Å². The Bertz CT molecular complexity index is 757. The van der Waals surface area contributed by atoms with Crippen molar-refractivity contribution < 1.29 is 9.53 Å². The number of benzene rings is 2. The standard InChI is InChI=1S/C22H29N3O2/c1-17(14-18-8-6-11-21(15-18)27-2)23-22(26)24-19-9-7-10-20(16-19)25-12-4-3-5-13-25/h6-11,15-17H,3-5,12-14H2,1-2H3,(H2,23,24,26). The lowest BCUT2D eigenvalue weighted by molar-refractivity contribution is 0.249. The molecule has 5 heteroatoms. The van der Waals surface area contributed by atoms with Crippen LogP contribution in [-0.2, 0) is 6.42 Å². The molecule has 2 aromatic rings. The van der Waals surface area contributed by atoms with Gasteiger partial charge in [0.25, 0.3) is 0 Å². The summed E-state index contributed by atoms with van der Waals surface area (Å²) in [5.74, 6) is 0.832. The third-order valence-electron chi connectivity index (χ3n) is 4.88. The number of hydrogen-bond donors (Lipinski definition) is 2. The van der Waals surface area contributed by atoms with Crippen molar-refractivity contribution in [3.05, 3.63) is 54.1 Å². The summed E-state index contributed by atoms with van der Waals surface area (Å²) in [6.45, 7) is 4.18. The zero-order chi connectivity index (χ0) is 19.1. The predicted molar refractivity (Wildman–Crippen MR) is 111 cm³/mol. The lowest BCUT2D eigenvalue weighted by atomic mass is 10.1. The van der Waals surface area contributed by atoms with Crippen molar-refractivity contribution in [2.75, 3.05) is 30.4 Å². The molecule has 0 spiro atoms. The van der Waals surface area contributed by atoms with Crippen LogP contribution in [0.4, 0.5) is 16.2 Å². The van der Waals surface area contributed by atoms with Gasteiger partial charge in [0.1, 0.15) is 5.75 Å². The molecule has 1 heterocycles. The van der Waals surface area contributed by atoms with E-state index in [9.17, 15) is 4.79 Å². The van der Waals surface area contributed by atoms with Gasteiger partial charge in [-0.15, -0.1) is 0 Å². The number of methoxy groups -OCH3 is 1. The average Bonchev–Trinajstić information content (AvgIpc) is 2.68. The fraction of sp³-hybridized carbons (Fsp3) is 0.409. The average molecular weight is 367 g/mol. The zero-order valence-electron chi connectivity index (χ0n) is 16.2. The van der Waals surface area contributed by atoms with Gasteiger partial charge in [0, 0.05) is 30.5 Å².